The van der Waals surface area contributed by atoms with Gasteiger partial charge >= 0.3 is 0 Å². The Labute approximate surface area is 98.5 Å². The Morgan fingerprint density at radius 1 is 1.38 bits per heavy atom. The normalized spacial score (nSPS) is 26.2. The van der Waals surface area contributed by atoms with Crippen molar-refractivity contribution in [2.24, 2.45) is 5.92 Å². The highest BCUT2D eigenvalue weighted by Gasteiger charge is 2.24. The topological polar surface area (TPSA) is 21.1 Å². The minimum atomic E-state index is 0.789. The largest absolute Gasteiger partial charge is 0.336 e. The monoisotopic (exact) mass is 221 g/mol. The van der Waals surface area contributed by atoms with E-state index in [1.54, 1.807) is 0 Å². The molecule has 2 atom stereocenters. The lowest BCUT2D eigenvalue weighted by atomic mass is 9.85. The molecule has 3 heteroatoms. The van der Waals surface area contributed by atoms with Gasteiger partial charge in [-0.2, -0.15) is 0 Å². The van der Waals surface area contributed by atoms with Crippen molar-refractivity contribution in [2.45, 2.75) is 45.2 Å². The van der Waals surface area contributed by atoms with Gasteiger partial charge in [-0.05, 0) is 25.8 Å². The van der Waals surface area contributed by atoms with Gasteiger partial charge in [-0.25, -0.2) is 4.98 Å². The first-order valence-electron chi connectivity index (χ1n) is 6.43. The molecule has 0 aromatic carbocycles. The Morgan fingerprint density at radius 3 is 2.88 bits per heavy atom. The van der Waals surface area contributed by atoms with Crippen LogP contribution in [0.15, 0.2) is 18.7 Å². The summed E-state index contributed by atoms with van der Waals surface area (Å²) in [5.74, 6) is 0.863. The van der Waals surface area contributed by atoms with Crippen LogP contribution in [-0.2, 0) is 6.54 Å². The van der Waals surface area contributed by atoms with Gasteiger partial charge in [0.1, 0.15) is 0 Å². The van der Waals surface area contributed by atoms with E-state index in [2.05, 4.69) is 28.4 Å². The van der Waals surface area contributed by atoms with E-state index in [1.807, 2.05) is 18.7 Å². The van der Waals surface area contributed by atoms with E-state index in [0.29, 0.717) is 0 Å². The Bertz CT molecular complexity index is 294. The summed E-state index contributed by atoms with van der Waals surface area (Å²) in [5.41, 5.74) is 0. The molecule has 1 saturated carbocycles. The third-order valence-corrected chi connectivity index (χ3v) is 3.90. The molecule has 1 heterocycles. The van der Waals surface area contributed by atoms with E-state index in [-0.39, 0.29) is 0 Å². The van der Waals surface area contributed by atoms with Crippen LogP contribution in [0.5, 0.6) is 0 Å². The smallest absolute Gasteiger partial charge is 0.0946 e. The van der Waals surface area contributed by atoms with Crippen molar-refractivity contribution in [3.05, 3.63) is 18.7 Å². The molecular formula is C13H23N3. The van der Waals surface area contributed by atoms with Gasteiger partial charge in [-0.3, -0.25) is 0 Å². The first kappa shape index (κ1) is 11.6. The summed E-state index contributed by atoms with van der Waals surface area (Å²) in [6.07, 6.45) is 11.4. The Morgan fingerprint density at radius 2 is 2.19 bits per heavy atom. The van der Waals surface area contributed by atoms with Crippen molar-refractivity contribution in [1.82, 2.24) is 14.5 Å². The van der Waals surface area contributed by atoms with Gasteiger partial charge < -0.3 is 9.47 Å². The van der Waals surface area contributed by atoms with Crippen molar-refractivity contribution in [3.63, 3.8) is 0 Å². The molecule has 0 bridgehead atoms. The molecule has 0 aliphatic heterocycles. The van der Waals surface area contributed by atoms with E-state index < -0.39 is 0 Å². The summed E-state index contributed by atoms with van der Waals surface area (Å²) in [5, 5.41) is 0. The van der Waals surface area contributed by atoms with Gasteiger partial charge in [0.2, 0.25) is 0 Å². The summed E-state index contributed by atoms with van der Waals surface area (Å²) in [6.45, 7) is 4.59. The summed E-state index contributed by atoms with van der Waals surface area (Å²) in [6, 6.07) is 0.789. The quantitative estimate of drug-likeness (QED) is 0.778. The molecule has 1 aromatic rings. The lowest BCUT2D eigenvalue weighted by Crippen LogP contribution is -2.40. The van der Waals surface area contributed by atoms with Crippen LogP contribution in [0.3, 0.4) is 0 Å². The molecule has 0 amide bonds. The molecule has 0 spiro atoms. The first-order chi connectivity index (χ1) is 7.77. The molecule has 1 fully saturated rings. The van der Waals surface area contributed by atoms with Crippen LogP contribution in [0, 0.1) is 5.92 Å². The predicted octanol–water partition coefficient (Wildman–Crippen LogP) is 2.39. The van der Waals surface area contributed by atoms with Gasteiger partial charge in [-0.1, -0.05) is 19.8 Å². The number of aromatic nitrogens is 2. The van der Waals surface area contributed by atoms with Crippen molar-refractivity contribution in [3.8, 4) is 0 Å². The van der Waals surface area contributed by atoms with Gasteiger partial charge in [0.15, 0.2) is 0 Å². The molecular weight excluding hydrogens is 198 g/mol. The standard InChI is InChI=1S/C13H23N3/c1-12-5-3-4-6-13(12)15(2)9-10-16-8-7-14-11-16/h7-8,11-13H,3-6,9-10H2,1-2H3/t12-,13+/m1/s1. The highest BCUT2D eigenvalue weighted by molar-refractivity contribution is 4.80. The van der Waals surface area contributed by atoms with Crippen LogP contribution in [0.2, 0.25) is 0 Å². The minimum absolute atomic E-state index is 0.789. The number of hydrogen-bond donors (Lipinski definition) is 0. The summed E-state index contributed by atoms with van der Waals surface area (Å²) < 4.78 is 2.16. The van der Waals surface area contributed by atoms with Crippen LogP contribution in [0.25, 0.3) is 0 Å². The van der Waals surface area contributed by atoms with Gasteiger partial charge in [0.05, 0.1) is 6.33 Å². The predicted molar refractivity (Wildman–Crippen MR) is 66.3 cm³/mol. The number of likely N-dealkylation sites (N-methyl/N-ethyl adjacent to an activating group) is 1. The molecule has 16 heavy (non-hydrogen) atoms. The van der Waals surface area contributed by atoms with E-state index in [1.165, 1.54) is 25.7 Å². The van der Waals surface area contributed by atoms with E-state index >= 15 is 0 Å². The maximum absolute atomic E-state index is 4.07. The average molecular weight is 221 g/mol. The summed E-state index contributed by atoms with van der Waals surface area (Å²) in [7, 11) is 2.27. The van der Waals surface area contributed by atoms with Crippen molar-refractivity contribution < 1.29 is 0 Å². The van der Waals surface area contributed by atoms with Gasteiger partial charge in [0.25, 0.3) is 0 Å². The second-order valence-corrected chi connectivity index (χ2v) is 5.11. The van der Waals surface area contributed by atoms with E-state index in [9.17, 15) is 0 Å². The maximum atomic E-state index is 4.07. The third kappa shape index (κ3) is 2.85. The number of rotatable bonds is 4. The zero-order valence-corrected chi connectivity index (χ0v) is 10.5. The molecule has 1 aliphatic carbocycles. The number of imidazole rings is 1. The lowest BCUT2D eigenvalue weighted by Gasteiger charge is -2.36. The summed E-state index contributed by atoms with van der Waals surface area (Å²) in [4.78, 5) is 6.60. The molecule has 0 unspecified atom stereocenters. The van der Waals surface area contributed by atoms with Crippen LogP contribution < -0.4 is 0 Å². The first-order valence-corrected chi connectivity index (χ1v) is 6.43. The SMILES string of the molecule is C[C@@H]1CCCC[C@@H]1N(C)CCn1ccnc1. The average Bonchev–Trinajstić information content (AvgIpc) is 2.79. The van der Waals surface area contributed by atoms with Crippen LogP contribution in [-0.4, -0.2) is 34.1 Å². The second-order valence-electron chi connectivity index (χ2n) is 5.11. The zero-order valence-electron chi connectivity index (χ0n) is 10.5. The Balaban J connectivity index is 1.80. The highest BCUT2D eigenvalue weighted by Crippen LogP contribution is 2.27. The van der Waals surface area contributed by atoms with Crippen LogP contribution >= 0.6 is 0 Å². The molecule has 1 aromatic heterocycles. The van der Waals surface area contributed by atoms with Gasteiger partial charge in [0, 0.05) is 31.5 Å². The molecule has 0 N–H and O–H groups in total. The minimum Gasteiger partial charge on any atom is -0.336 e. The highest BCUT2D eigenvalue weighted by atomic mass is 15.2. The van der Waals surface area contributed by atoms with Crippen molar-refractivity contribution >= 4 is 0 Å². The van der Waals surface area contributed by atoms with E-state index in [0.717, 1.165) is 25.0 Å². The fraction of sp³-hybridized carbons (Fsp3) is 0.769. The maximum Gasteiger partial charge on any atom is 0.0946 e. The molecule has 2 rings (SSSR count). The molecule has 0 saturated heterocycles. The fourth-order valence-corrected chi connectivity index (χ4v) is 2.81. The second kappa shape index (κ2) is 5.48. The zero-order chi connectivity index (χ0) is 11.4. The lowest BCUT2D eigenvalue weighted by molar-refractivity contribution is 0.135. The third-order valence-electron chi connectivity index (χ3n) is 3.90. The Kier molecular flexibility index (Phi) is 3.99. The number of nitrogens with zero attached hydrogens (tertiary/aromatic N) is 3. The summed E-state index contributed by atoms with van der Waals surface area (Å²) >= 11 is 0. The van der Waals surface area contributed by atoms with Gasteiger partial charge in [-0.15, -0.1) is 0 Å². The van der Waals surface area contributed by atoms with Crippen molar-refractivity contribution in [1.29, 1.82) is 0 Å². The molecule has 90 valence electrons. The fourth-order valence-electron chi connectivity index (χ4n) is 2.81. The van der Waals surface area contributed by atoms with Crippen LogP contribution in [0.4, 0.5) is 0 Å². The van der Waals surface area contributed by atoms with Crippen LogP contribution in [0.1, 0.15) is 32.6 Å². The van der Waals surface area contributed by atoms with E-state index in [4.69, 9.17) is 0 Å². The van der Waals surface area contributed by atoms with Crippen molar-refractivity contribution in [2.75, 3.05) is 13.6 Å². The molecule has 3 nitrogen and oxygen atoms in total. The molecule has 1 aliphatic rings. The number of hydrogen-bond acceptors (Lipinski definition) is 2. The molecule has 0 radical (unpaired) electrons. The Hall–Kier alpha value is -0.830.